The molecule has 1 aliphatic heterocycles. The molecule has 2 aliphatic carbocycles. The molecule has 3 aliphatic rings. The molecule has 86 valence electrons. The topological polar surface area (TPSA) is 63.6 Å². The molecule has 4 nitrogen and oxygen atoms in total. The van der Waals surface area contributed by atoms with Gasteiger partial charge in [-0.15, -0.1) is 0 Å². The summed E-state index contributed by atoms with van der Waals surface area (Å²) in [7, 11) is 0. The fourth-order valence-electron chi connectivity index (χ4n) is 2.44. The van der Waals surface area contributed by atoms with Gasteiger partial charge in [-0.2, -0.15) is 0 Å². The van der Waals surface area contributed by atoms with Gasteiger partial charge in [0.05, 0.1) is 5.92 Å². The van der Waals surface area contributed by atoms with Crippen molar-refractivity contribution >= 4 is 11.9 Å². The van der Waals surface area contributed by atoms with E-state index in [1.807, 2.05) is 0 Å². The Hall–Kier alpha value is -1.58. The molecule has 0 radical (unpaired) electrons. The van der Waals surface area contributed by atoms with Crippen LogP contribution < -0.4 is 0 Å². The van der Waals surface area contributed by atoms with Crippen molar-refractivity contribution in [3.8, 4) is 0 Å². The van der Waals surface area contributed by atoms with Gasteiger partial charge in [-0.3, -0.25) is 4.79 Å². The molecular weight excluding hydrogens is 208 g/mol. The average Bonchev–Trinajstić information content (AvgIpc) is 2.85. The van der Waals surface area contributed by atoms with E-state index in [2.05, 4.69) is 18.7 Å². The molecule has 0 amide bonds. The molecular formula is C12H14O4. The lowest BCUT2D eigenvalue weighted by Crippen LogP contribution is -2.21. The predicted molar refractivity (Wildman–Crippen MR) is 56.6 cm³/mol. The van der Waals surface area contributed by atoms with Gasteiger partial charge in [0, 0.05) is 17.4 Å². The van der Waals surface area contributed by atoms with Gasteiger partial charge < -0.3 is 9.84 Å². The third-order valence-corrected chi connectivity index (χ3v) is 3.29. The molecule has 1 heterocycles. The summed E-state index contributed by atoms with van der Waals surface area (Å²) >= 11 is 0. The zero-order valence-electron chi connectivity index (χ0n) is 9.05. The molecule has 3 rings (SSSR count). The number of carbonyl (C=O) groups is 2. The Morgan fingerprint density at radius 2 is 2.19 bits per heavy atom. The Morgan fingerprint density at radius 3 is 2.56 bits per heavy atom. The first-order valence-electron chi connectivity index (χ1n) is 5.28. The number of rotatable bonds is 1. The van der Waals surface area contributed by atoms with Crippen LogP contribution in [-0.4, -0.2) is 23.1 Å². The summed E-state index contributed by atoms with van der Waals surface area (Å²) in [6.07, 6.45) is 5.62. The number of hydrogen-bond acceptors (Lipinski definition) is 3. The second-order valence-corrected chi connectivity index (χ2v) is 4.46. The summed E-state index contributed by atoms with van der Waals surface area (Å²) in [6.45, 7) is 4.60. The second-order valence-electron chi connectivity index (χ2n) is 4.46. The summed E-state index contributed by atoms with van der Waals surface area (Å²) in [5.41, 5.74) is 0.176. The quantitative estimate of drug-likeness (QED) is 0.413. The minimum Gasteiger partial charge on any atom is -0.478 e. The van der Waals surface area contributed by atoms with Crippen molar-refractivity contribution in [2.75, 3.05) is 0 Å². The Labute approximate surface area is 93.6 Å². The molecule has 4 unspecified atom stereocenters. The highest BCUT2D eigenvalue weighted by atomic mass is 16.6. The van der Waals surface area contributed by atoms with E-state index in [0.717, 1.165) is 6.42 Å². The van der Waals surface area contributed by atoms with E-state index in [1.165, 1.54) is 6.92 Å². The van der Waals surface area contributed by atoms with E-state index in [9.17, 15) is 9.59 Å². The van der Waals surface area contributed by atoms with Crippen LogP contribution in [0.25, 0.3) is 0 Å². The zero-order valence-corrected chi connectivity index (χ0v) is 9.05. The standard InChI is InChI=1S/C8H8O2.C4H6O2/c9-8-6-3-4-1-2-5(6)7(4)10-8;1-3(2)4(5)6/h1-2,4-7H,3H2;1H2,2H3,(H,5,6). The van der Waals surface area contributed by atoms with Crippen molar-refractivity contribution in [1.29, 1.82) is 0 Å². The number of hydrogen-bond donors (Lipinski definition) is 1. The first kappa shape index (κ1) is 10.9. The van der Waals surface area contributed by atoms with E-state index in [4.69, 9.17) is 9.84 Å². The molecule has 0 spiro atoms. The summed E-state index contributed by atoms with van der Waals surface area (Å²) in [4.78, 5) is 20.6. The summed E-state index contributed by atoms with van der Waals surface area (Å²) in [6, 6.07) is 0. The zero-order chi connectivity index (χ0) is 11.9. The average molecular weight is 222 g/mol. The number of carboxylic acids is 1. The van der Waals surface area contributed by atoms with Crippen LogP contribution in [0, 0.1) is 17.8 Å². The highest BCUT2D eigenvalue weighted by Crippen LogP contribution is 2.50. The van der Waals surface area contributed by atoms with Crippen LogP contribution in [0.15, 0.2) is 24.3 Å². The van der Waals surface area contributed by atoms with Gasteiger partial charge in [-0.05, 0) is 13.3 Å². The highest BCUT2D eigenvalue weighted by molar-refractivity contribution is 5.84. The van der Waals surface area contributed by atoms with Crippen LogP contribution in [0.5, 0.6) is 0 Å². The van der Waals surface area contributed by atoms with Crippen LogP contribution >= 0.6 is 0 Å². The molecule has 2 fully saturated rings. The van der Waals surface area contributed by atoms with Crippen molar-refractivity contribution in [3.05, 3.63) is 24.3 Å². The lowest BCUT2D eigenvalue weighted by molar-refractivity contribution is -0.149. The number of carbonyl (C=O) groups excluding carboxylic acids is 1. The summed E-state index contributed by atoms with van der Waals surface area (Å²) in [5, 5.41) is 7.89. The first-order chi connectivity index (χ1) is 7.50. The van der Waals surface area contributed by atoms with Crippen LogP contribution in [0.3, 0.4) is 0 Å². The van der Waals surface area contributed by atoms with Gasteiger partial charge >= 0.3 is 11.9 Å². The number of aliphatic carboxylic acids is 1. The van der Waals surface area contributed by atoms with E-state index >= 15 is 0 Å². The Kier molecular flexibility index (Phi) is 2.58. The minimum absolute atomic E-state index is 0.0376. The van der Waals surface area contributed by atoms with E-state index in [0.29, 0.717) is 11.8 Å². The van der Waals surface area contributed by atoms with Gasteiger partial charge in [-0.25, -0.2) is 4.79 Å². The van der Waals surface area contributed by atoms with Gasteiger partial charge in [0.1, 0.15) is 6.10 Å². The molecule has 4 heteroatoms. The summed E-state index contributed by atoms with van der Waals surface area (Å²) < 4.78 is 5.15. The minimum atomic E-state index is -0.935. The first-order valence-corrected chi connectivity index (χ1v) is 5.28. The Balaban J connectivity index is 0.000000142. The third kappa shape index (κ3) is 1.64. The van der Waals surface area contributed by atoms with Crippen LogP contribution in [0.2, 0.25) is 0 Å². The van der Waals surface area contributed by atoms with Crippen molar-refractivity contribution < 1.29 is 19.4 Å². The number of ether oxygens (including phenoxy) is 1. The SMILES string of the molecule is C=C(C)C(=O)O.O=C1OC2C3C=CC2C1C3. The van der Waals surface area contributed by atoms with Crippen molar-refractivity contribution in [2.24, 2.45) is 17.8 Å². The second kappa shape index (κ2) is 3.77. The lowest BCUT2D eigenvalue weighted by Gasteiger charge is -2.16. The lowest BCUT2D eigenvalue weighted by atomic mass is 9.95. The molecule has 0 aromatic heterocycles. The largest absolute Gasteiger partial charge is 0.478 e. The Morgan fingerprint density at radius 1 is 1.56 bits per heavy atom. The Bertz CT molecular complexity index is 370. The molecule has 1 saturated carbocycles. The van der Waals surface area contributed by atoms with E-state index in [1.54, 1.807) is 0 Å². The normalized spacial score (nSPS) is 36.7. The molecule has 0 aromatic rings. The van der Waals surface area contributed by atoms with Crippen LogP contribution in [0.1, 0.15) is 13.3 Å². The number of esters is 1. The maximum atomic E-state index is 11.0. The fraction of sp³-hybridized carbons (Fsp3) is 0.500. The molecule has 4 atom stereocenters. The predicted octanol–water partition coefficient (Wildman–Crippen LogP) is 1.38. The molecule has 4 bridgehead atoms. The monoisotopic (exact) mass is 222 g/mol. The smallest absolute Gasteiger partial charge is 0.330 e. The third-order valence-electron chi connectivity index (χ3n) is 3.29. The van der Waals surface area contributed by atoms with Crippen molar-refractivity contribution in [2.45, 2.75) is 19.4 Å². The maximum Gasteiger partial charge on any atom is 0.330 e. The number of carboxylic acid groups (broad SMARTS) is 1. The van der Waals surface area contributed by atoms with Crippen molar-refractivity contribution in [3.63, 3.8) is 0 Å². The molecule has 1 N–H and O–H groups in total. The highest BCUT2D eigenvalue weighted by Gasteiger charge is 2.56. The van der Waals surface area contributed by atoms with Crippen molar-refractivity contribution in [1.82, 2.24) is 0 Å². The van der Waals surface area contributed by atoms with Gasteiger partial charge in [0.15, 0.2) is 0 Å². The van der Waals surface area contributed by atoms with Crippen LogP contribution in [0.4, 0.5) is 0 Å². The summed E-state index contributed by atoms with van der Waals surface area (Å²) in [5.74, 6) is 0.329. The van der Waals surface area contributed by atoms with Crippen LogP contribution in [-0.2, 0) is 14.3 Å². The molecule has 0 aromatic carbocycles. The van der Waals surface area contributed by atoms with E-state index in [-0.39, 0.29) is 23.6 Å². The molecule has 1 saturated heterocycles. The fourth-order valence-corrected chi connectivity index (χ4v) is 2.44. The van der Waals surface area contributed by atoms with E-state index < -0.39 is 5.97 Å². The maximum absolute atomic E-state index is 11.0. The van der Waals surface area contributed by atoms with Gasteiger partial charge in [0.25, 0.3) is 0 Å². The van der Waals surface area contributed by atoms with Gasteiger partial charge in [-0.1, -0.05) is 18.7 Å². The van der Waals surface area contributed by atoms with Gasteiger partial charge in [0.2, 0.25) is 0 Å². The molecule has 16 heavy (non-hydrogen) atoms.